The normalized spacial score (nSPS) is 24.0. The Morgan fingerprint density at radius 3 is 2.58 bits per heavy atom. The zero-order valence-electron chi connectivity index (χ0n) is 14.6. The summed E-state index contributed by atoms with van der Waals surface area (Å²) in [5, 5.41) is 24.2. The van der Waals surface area contributed by atoms with Crippen LogP contribution in [-0.4, -0.2) is 27.7 Å². The van der Waals surface area contributed by atoms with Gasteiger partial charge in [-0.2, -0.15) is 0 Å². The lowest BCUT2D eigenvalue weighted by Crippen LogP contribution is -2.24. The highest BCUT2D eigenvalue weighted by molar-refractivity contribution is 7.15. The Labute approximate surface area is 157 Å². The molecule has 0 spiro atoms. The van der Waals surface area contributed by atoms with Gasteiger partial charge in [-0.05, 0) is 37.2 Å². The van der Waals surface area contributed by atoms with Gasteiger partial charge in [0.05, 0.1) is 17.7 Å². The molecule has 1 aliphatic heterocycles. The Bertz CT molecular complexity index is 755. The molecule has 1 unspecified atom stereocenters. The minimum absolute atomic E-state index is 0.148. The number of nitrogens with zero attached hydrogens (tertiary/aromatic N) is 1. The summed E-state index contributed by atoms with van der Waals surface area (Å²) >= 11 is 1.74. The number of carboxylic acids is 1. The van der Waals surface area contributed by atoms with Crippen LogP contribution in [0.2, 0.25) is 0 Å². The Hall–Kier alpha value is -1.76. The number of carbonyl (C=O) groups is 1. The Morgan fingerprint density at radius 1 is 1.19 bits per heavy atom. The number of rotatable bonds is 4. The second kappa shape index (κ2) is 7.47. The molecule has 4 rings (SSSR count). The monoisotopic (exact) mass is 372 g/mol. The quantitative estimate of drug-likeness (QED) is 0.766. The van der Waals surface area contributed by atoms with Crippen LogP contribution in [0.4, 0.5) is 0 Å². The molecule has 0 saturated heterocycles. The first-order valence-corrected chi connectivity index (χ1v) is 10.1. The fraction of sp³-hybridized carbons (Fsp3) is 0.500. The standard InChI is InChI=1S/C20H24N2O3S/c23-18(13-3-7-15(8-4-13)20(24)25)12-1-5-14(6-2-12)19-22-16-9-10-21-11-17(16)26-19/h1-2,5-6,13,15,18,21,23H,3-4,7-11H2,(H,24,25). The molecule has 5 nitrogen and oxygen atoms in total. The lowest BCUT2D eigenvalue weighted by atomic mass is 9.78. The van der Waals surface area contributed by atoms with Gasteiger partial charge in [-0.1, -0.05) is 24.3 Å². The molecule has 2 aliphatic rings. The zero-order valence-corrected chi connectivity index (χ0v) is 15.5. The molecule has 0 radical (unpaired) electrons. The van der Waals surface area contributed by atoms with Gasteiger partial charge in [0, 0.05) is 30.0 Å². The summed E-state index contributed by atoms with van der Waals surface area (Å²) in [7, 11) is 0. The summed E-state index contributed by atoms with van der Waals surface area (Å²) < 4.78 is 0. The number of hydrogen-bond acceptors (Lipinski definition) is 5. The van der Waals surface area contributed by atoms with E-state index in [1.165, 1.54) is 10.6 Å². The van der Waals surface area contributed by atoms with Gasteiger partial charge >= 0.3 is 5.97 Å². The van der Waals surface area contributed by atoms with Crippen LogP contribution < -0.4 is 5.32 Å². The van der Waals surface area contributed by atoms with Crippen molar-refractivity contribution in [3.63, 3.8) is 0 Å². The average Bonchev–Trinajstić information content (AvgIpc) is 3.12. The molecule has 2 heterocycles. The van der Waals surface area contributed by atoms with Crippen molar-refractivity contribution < 1.29 is 15.0 Å². The molecule has 1 aromatic heterocycles. The first-order chi connectivity index (χ1) is 12.6. The minimum Gasteiger partial charge on any atom is -0.481 e. The largest absolute Gasteiger partial charge is 0.481 e. The van der Waals surface area contributed by atoms with Gasteiger partial charge in [-0.25, -0.2) is 4.98 Å². The van der Waals surface area contributed by atoms with Crippen molar-refractivity contribution in [2.45, 2.75) is 44.8 Å². The molecule has 0 amide bonds. The third-order valence-electron chi connectivity index (χ3n) is 5.67. The van der Waals surface area contributed by atoms with Gasteiger partial charge in [0.25, 0.3) is 0 Å². The van der Waals surface area contributed by atoms with E-state index in [9.17, 15) is 9.90 Å². The van der Waals surface area contributed by atoms with Crippen LogP contribution in [0.5, 0.6) is 0 Å². The maximum atomic E-state index is 11.1. The number of aliphatic carboxylic acids is 1. The van der Waals surface area contributed by atoms with E-state index in [1.807, 2.05) is 24.3 Å². The van der Waals surface area contributed by atoms with Crippen LogP contribution in [0, 0.1) is 11.8 Å². The molecule has 3 N–H and O–H groups in total. The molecular weight excluding hydrogens is 348 g/mol. The highest BCUT2D eigenvalue weighted by atomic mass is 32.1. The van der Waals surface area contributed by atoms with Crippen molar-refractivity contribution in [3.05, 3.63) is 40.4 Å². The Kier molecular flexibility index (Phi) is 5.07. The lowest BCUT2D eigenvalue weighted by molar-refractivity contribution is -0.143. The number of fused-ring (bicyclic) bond motifs is 1. The second-order valence-electron chi connectivity index (χ2n) is 7.33. The Morgan fingerprint density at radius 2 is 1.92 bits per heavy atom. The zero-order chi connectivity index (χ0) is 18.1. The van der Waals surface area contributed by atoms with Crippen molar-refractivity contribution >= 4 is 17.3 Å². The van der Waals surface area contributed by atoms with Crippen molar-refractivity contribution in [1.82, 2.24) is 10.3 Å². The topological polar surface area (TPSA) is 82.5 Å². The fourth-order valence-electron chi connectivity index (χ4n) is 4.03. The number of thiazole rings is 1. The molecule has 6 heteroatoms. The summed E-state index contributed by atoms with van der Waals surface area (Å²) in [6, 6.07) is 8.06. The van der Waals surface area contributed by atoms with E-state index in [0.29, 0.717) is 12.8 Å². The van der Waals surface area contributed by atoms with Gasteiger partial charge in [-0.3, -0.25) is 4.79 Å². The summed E-state index contributed by atoms with van der Waals surface area (Å²) in [6.07, 6.45) is 3.33. The molecule has 1 atom stereocenters. The van der Waals surface area contributed by atoms with E-state index >= 15 is 0 Å². The molecule has 26 heavy (non-hydrogen) atoms. The number of aromatic nitrogens is 1. The van der Waals surface area contributed by atoms with Gasteiger partial charge in [0.15, 0.2) is 0 Å². The van der Waals surface area contributed by atoms with Crippen molar-refractivity contribution in [2.75, 3.05) is 6.54 Å². The van der Waals surface area contributed by atoms with Crippen molar-refractivity contribution in [2.24, 2.45) is 11.8 Å². The average molecular weight is 372 g/mol. The van der Waals surface area contributed by atoms with Crippen LogP contribution in [0.15, 0.2) is 24.3 Å². The maximum absolute atomic E-state index is 11.1. The maximum Gasteiger partial charge on any atom is 0.306 e. The number of benzene rings is 1. The molecule has 1 aromatic carbocycles. The summed E-state index contributed by atoms with van der Waals surface area (Å²) in [4.78, 5) is 17.2. The lowest BCUT2D eigenvalue weighted by Gasteiger charge is -2.30. The molecular formula is C20H24N2O3S. The number of hydrogen-bond donors (Lipinski definition) is 3. The summed E-state index contributed by atoms with van der Waals surface area (Å²) in [5.41, 5.74) is 3.22. The van der Waals surface area contributed by atoms with Gasteiger partial charge < -0.3 is 15.5 Å². The number of carboxylic acid groups (broad SMARTS) is 1. The molecule has 138 valence electrons. The van der Waals surface area contributed by atoms with Crippen LogP contribution in [0.25, 0.3) is 10.6 Å². The van der Waals surface area contributed by atoms with E-state index in [1.54, 1.807) is 11.3 Å². The smallest absolute Gasteiger partial charge is 0.306 e. The molecule has 0 bridgehead atoms. The van der Waals surface area contributed by atoms with Crippen LogP contribution >= 0.6 is 11.3 Å². The number of nitrogens with one attached hydrogen (secondary N) is 1. The minimum atomic E-state index is -0.705. The number of aliphatic hydroxyl groups excluding tert-OH is 1. The van der Waals surface area contributed by atoms with Crippen LogP contribution in [0.1, 0.15) is 47.9 Å². The van der Waals surface area contributed by atoms with E-state index in [-0.39, 0.29) is 11.8 Å². The third kappa shape index (κ3) is 3.54. The van der Waals surface area contributed by atoms with Gasteiger partial charge in [0.2, 0.25) is 0 Å². The van der Waals surface area contributed by atoms with Gasteiger partial charge in [-0.15, -0.1) is 11.3 Å². The molecule has 1 saturated carbocycles. The van der Waals surface area contributed by atoms with E-state index in [0.717, 1.165) is 48.5 Å². The van der Waals surface area contributed by atoms with Crippen molar-refractivity contribution in [3.8, 4) is 10.6 Å². The molecule has 1 fully saturated rings. The first-order valence-electron chi connectivity index (χ1n) is 9.32. The third-order valence-corrected chi connectivity index (χ3v) is 6.82. The Balaban J connectivity index is 1.44. The fourth-order valence-corrected chi connectivity index (χ4v) is 5.11. The first kappa shape index (κ1) is 17.6. The molecule has 1 aliphatic carbocycles. The predicted molar refractivity (Wildman–Crippen MR) is 101 cm³/mol. The second-order valence-corrected chi connectivity index (χ2v) is 8.42. The van der Waals surface area contributed by atoms with Crippen LogP contribution in [-0.2, 0) is 17.8 Å². The van der Waals surface area contributed by atoms with E-state index in [4.69, 9.17) is 10.1 Å². The predicted octanol–water partition coefficient (Wildman–Crippen LogP) is 3.38. The van der Waals surface area contributed by atoms with E-state index in [2.05, 4.69) is 5.32 Å². The summed E-state index contributed by atoms with van der Waals surface area (Å²) in [5.74, 6) is -0.801. The van der Waals surface area contributed by atoms with Crippen LogP contribution in [0.3, 0.4) is 0 Å². The SMILES string of the molecule is O=C(O)C1CCC(C(O)c2ccc(-c3nc4c(s3)CNCC4)cc2)CC1. The summed E-state index contributed by atoms with van der Waals surface area (Å²) in [6.45, 7) is 1.90. The highest BCUT2D eigenvalue weighted by Crippen LogP contribution is 2.38. The van der Waals surface area contributed by atoms with E-state index < -0.39 is 12.1 Å². The highest BCUT2D eigenvalue weighted by Gasteiger charge is 2.30. The molecule has 2 aromatic rings. The van der Waals surface area contributed by atoms with Gasteiger partial charge in [0.1, 0.15) is 5.01 Å². The number of aliphatic hydroxyl groups is 1. The van der Waals surface area contributed by atoms with Crippen molar-refractivity contribution in [1.29, 1.82) is 0 Å².